The Bertz CT molecular complexity index is 839. The SMILES string of the molecule is CS(=O)(=O)c1ccc(NC(=O)c2ccc3c(c2)CCCC3)cc1. The number of hydrogen-bond donors (Lipinski definition) is 1. The number of hydrogen-bond acceptors (Lipinski definition) is 3. The molecule has 2 aromatic rings. The molecule has 1 amide bonds. The summed E-state index contributed by atoms with van der Waals surface area (Å²) in [6, 6.07) is 12.1. The van der Waals surface area contributed by atoms with Crippen molar-refractivity contribution < 1.29 is 13.2 Å². The van der Waals surface area contributed by atoms with E-state index in [9.17, 15) is 13.2 Å². The number of carbonyl (C=O) groups excluding carboxylic acids is 1. The Morgan fingerprint density at radius 2 is 1.61 bits per heavy atom. The first-order valence-electron chi connectivity index (χ1n) is 7.67. The second-order valence-electron chi connectivity index (χ2n) is 5.94. The predicted octanol–water partition coefficient (Wildman–Crippen LogP) is 3.22. The first kappa shape index (κ1) is 15.7. The Morgan fingerprint density at radius 1 is 0.957 bits per heavy atom. The smallest absolute Gasteiger partial charge is 0.255 e. The number of nitrogens with one attached hydrogen (secondary N) is 1. The topological polar surface area (TPSA) is 63.2 Å². The van der Waals surface area contributed by atoms with Gasteiger partial charge in [-0.15, -0.1) is 0 Å². The third-order valence-electron chi connectivity index (χ3n) is 4.15. The normalized spacial score (nSPS) is 14.1. The summed E-state index contributed by atoms with van der Waals surface area (Å²) in [4.78, 5) is 12.6. The molecule has 0 fully saturated rings. The van der Waals surface area contributed by atoms with E-state index >= 15 is 0 Å². The molecule has 0 saturated heterocycles. The second-order valence-corrected chi connectivity index (χ2v) is 7.96. The van der Waals surface area contributed by atoms with E-state index in [2.05, 4.69) is 5.32 Å². The van der Waals surface area contributed by atoms with Crippen molar-refractivity contribution in [3.05, 3.63) is 59.2 Å². The molecule has 0 radical (unpaired) electrons. The highest BCUT2D eigenvalue weighted by atomic mass is 32.2. The molecule has 1 aliphatic rings. The van der Waals surface area contributed by atoms with Crippen LogP contribution in [0.4, 0.5) is 5.69 Å². The molecule has 1 aliphatic carbocycles. The summed E-state index contributed by atoms with van der Waals surface area (Å²) in [6.07, 6.45) is 5.66. The van der Waals surface area contributed by atoms with E-state index in [4.69, 9.17) is 0 Å². The Kier molecular flexibility index (Phi) is 4.22. The fourth-order valence-corrected chi connectivity index (χ4v) is 3.49. The summed E-state index contributed by atoms with van der Waals surface area (Å²) in [5.74, 6) is -0.175. The Hall–Kier alpha value is -2.14. The van der Waals surface area contributed by atoms with Crippen LogP contribution in [0, 0.1) is 0 Å². The van der Waals surface area contributed by atoms with Gasteiger partial charge in [0.15, 0.2) is 9.84 Å². The molecule has 1 N–H and O–H groups in total. The minimum absolute atomic E-state index is 0.175. The van der Waals surface area contributed by atoms with Crippen molar-refractivity contribution >= 4 is 21.4 Å². The summed E-state index contributed by atoms with van der Waals surface area (Å²) in [6.45, 7) is 0. The number of amides is 1. The number of fused-ring (bicyclic) bond motifs is 1. The zero-order chi connectivity index (χ0) is 16.4. The molecule has 4 nitrogen and oxygen atoms in total. The van der Waals surface area contributed by atoms with Crippen LogP contribution in [0.15, 0.2) is 47.4 Å². The zero-order valence-electron chi connectivity index (χ0n) is 13.0. The monoisotopic (exact) mass is 329 g/mol. The van der Waals surface area contributed by atoms with Crippen LogP contribution in [0.25, 0.3) is 0 Å². The van der Waals surface area contributed by atoms with Gasteiger partial charge >= 0.3 is 0 Å². The van der Waals surface area contributed by atoms with Crippen molar-refractivity contribution in [2.45, 2.75) is 30.6 Å². The van der Waals surface area contributed by atoms with E-state index < -0.39 is 9.84 Å². The maximum atomic E-state index is 12.4. The van der Waals surface area contributed by atoms with Crippen molar-refractivity contribution in [1.82, 2.24) is 0 Å². The molecule has 5 heteroatoms. The molecule has 2 aromatic carbocycles. The van der Waals surface area contributed by atoms with Crippen molar-refractivity contribution in [2.75, 3.05) is 11.6 Å². The van der Waals surface area contributed by atoms with Gasteiger partial charge in [-0.1, -0.05) is 6.07 Å². The van der Waals surface area contributed by atoms with E-state index in [1.165, 1.54) is 36.1 Å². The average molecular weight is 329 g/mol. The van der Waals surface area contributed by atoms with Crippen LogP contribution in [0.5, 0.6) is 0 Å². The average Bonchev–Trinajstić information content (AvgIpc) is 2.54. The number of rotatable bonds is 3. The van der Waals surface area contributed by atoms with Gasteiger partial charge in [0, 0.05) is 17.5 Å². The van der Waals surface area contributed by atoms with E-state index in [1.807, 2.05) is 18.2 Å². The largest absolute Gasteiger partial charge is 0.322 e. The third-order valence-corrected chi connectivity index (χ3v) is 5.28. The highest BCUT2D eigenvalue weighted by molar-refractivity contribution is 7.90. The van der Waals surface area contributed by atoms with Crippen molar-refractivity contribution in [2.24, 2.45) is 0 Å². The van der Waals surface area contributed by atoms with Gasteiger partial charge in [-0.25, -0.2) is 8.42 Å². The van der Waals surface area contributed by atoms with E-state index in [0.29, 0.717) is 11.3 Å². The van der Waals surface area contributed by atoms with Crippen LogP contribution >= 0.6 is 0 Å². The minimum atomic E-state index is -3.22. The van der Waals surface area contributed by atoms with E-state index in [-0.39, 0.29) is 10.8 Å². The number of aryl methyl sites for hydroxylation is 2. The van der Waals surface area contributed by atoms with Crippen LogP contribution in [0.1, 0.15) is 34.3 Å². The fourth-order valence-electron chi connectivity index (χ4n) is 2.86. The van der Waals surface area contributed by atoms with Gasteiger partial charge in [0.1, 0.15) is 0 Å². The minimum Gasteiger partial charge on any atom is -0.322 e. The van der Waals surface area contributed by atoms with Crippen LogP contribution in [0.3, 0.4) is 0 Å². The summed E-state index contributed by atoms with van der Waals surface area (Å²) >= 11 is 0. The maximum Gasteiger partial charge on any atom is 0.255 e. The van der Waals surface area contributed by atoms with Crippen molar-refractivity contribution in [3.63, 3.8) is 0 Å². The number of anilines is 1. The predicted molar refractivity (Wildman–Crippen MR) is 90.6 cm³/mol. The molecule has 23 heavy (non-hydrogen) atoms. The lowest BCUT2D eigenvalue weighted by atomic mass is 9.90. The van der Waals surface area contributed by atoms with Gasteiger partial charge in [-0.3, -0.25) is 4.79 Å². The first-order valence-corrected chi connectivity index (χ1v) is 9.56. The molecule has 0 unspecified atom stereocenters. The number of carbonyl (C=O) groups is 1. The molecule has 0 atom stereocenters. The van der Waals surface area contributed by atoms with Crippen LogP contribution < -0.4 is 5.32 Å². The second kappa shape index (κ2) is 6.16. The summed E-state index contributed by atoms with van der Waals surface area (Å²) in [5, 5.41) is 2.81. The molecule has 0 spiro atoms. The van der Waals surface area contributed by atoms with Crippen LogP contribution in [0.2, 0.25) is 0 Å². The zero-order valence-corrected chi connectivity index (χ0v) is 13.8. The highest BCUT2D eigenvalue weighted by Gasteiger charge is 2.13. The van der Waals surface area contributed by atoms with E-state index in [1.54, 1.807) is 12.1 Å². The standard InChI is InChI=1S/C18H19NO3S/c1-23(21,22)17-10-8-16(9-11-17)19-18(20)15-7-6-13-4-2-3-5-14(13)12-15/h6-12H,2-5H2,1H3,(H,19,20). The summed E-state index contributed by atoms with van der Waals surface area (Å²) < 4.78 is 22.9. The lowest BCUT2D eigenvalue weighted by molar-refractivity contribution is 0.102. The van der Waals surface area contributed by atoms with Crippen molar-refractivity contribution in [1.29, 1.82) is 0 Å². The van der Waals surface area contributed by atoms with Crippen LogP contribution in [-0.4, -0.2) is 20.6 Å². The molecule has 0 saturated carbocycles. The molecule has 0 heterocycles. The van der Waals surface area contributed by atoms with Gasteiger partial charge in [0.2, 0.25) is 0 Å². The molecule has 120 valence electrons. The third kappa shape index (κ3) is 3.62. The van der Waals surface area contributed by atoms with E-state index in [0.717, 1.165) is 19.1 Å². The summed E-state index contributed by atoms with van der Waals surface area (Å²) in [7, 11) is -3.22. The molecule has 3 rings (SSSR count). The lowest BCUT2D eigenvalue weighted by Gasteiger charge is -2.16. The summed E-state index contributed by atoms with van der Waals surface area (Å²) in [5.41, 5.74) is 3.82. The Morgan fingerprint density at radius 3 is 2.26 bits per heavy atom. The molecular formula is C18H19NO3S. The van der Waals surface area contributed by atoms with Gasteiger partial charge in [0.25, 0.3) is 5.91 Å². The highest BCUT2D eigenvalue weighted by Crippen LogP contribution is 2.23. The van der Waals surface area contributed by atoms with Gasteiger partial charge < -0.3 is 5.32 Å². The number of sulfone groups is 1. The van der Waals surface area contributed by atoms with Gasteiger partial charge in [0.05, 0.1) is 4.90 Å². The first-order chi connectivity index (χ1) is 10.9. The fraction of sp³-hybridized carbons (Fsp3) is 0.278. The number of benzene rings is 2. The lowest BCUT2D eigenvalue weighted by Crippen LogP contribution is -2.13. The van der Waals surface area contributed by atoms with Gasteiger partial charge in [-0.2, -0.15) is 0 Å². The van der Waals surface area contributed by atoms with Crippen LogP contribution in [-0.2, 0) is 22.7 Å². The Balaban J connectivity index is 1.76. The maximum absolute atomic E-state index is 12.4. The van der Waals surface area contributed by atoms with Gasteiger partial charge in [-0.05, 0) is 73.2 Å². The molecule has 0 aliphatic heterocycles. The molecule has 0 aromatic heterocycles. The molecular weight excluding hydrogens is 310 g/mol. The Labute approximate surface area is 136 Å². The van der Waals surface area contributed by atoms with Crippen molar-refractivity contribution in [3.8, 4) is 0 Å². The molecule has 0 bridgehead atoms. The quantitative estimate of drug-likeness (QED) is 0.940.